The molecule has 0 aliphatic heterocycles. The molecule has 0 aliphatic rings. The van der Waals surface area contributed by atoms with Crippen LogP contribution in [0.15, 0.2) is 23.8 Å². The zero-order valence-electron chi connectivity index (χ0n) is 9.51. The van der Waals surface area contributed by atoms with E-state index in [2.05, 4.69) is 27.4 Å². The molecule has 2 aromatic heterocycles. The van der Waals surface area contributed by atoms with Gasteiger partial charge >= 0.3 is 0 Å². The summed E-state index contributed by atoms with van der Waals surface area (Å²) in [5.74, 6) is 0.0389. The summed E-state index contributed by atoms with van der Waals surface area (Å²) in [5, 5.41) is 11.2. The molecule has 0 aliphatic carbocycles. The van der Waals surface area contributed by atoms with Gasteiger partial charge < -0.3 is 5.32 Å². The second-order valence-electron chi connectivity index (χ2n) is 3.66. The Morgan fingerprint density at radius 1 is 1.65 bits per heavy atom. The predicted octanol–water partition coefficient (Wildman–Crippen LogP) is 2.14. The van der Waals surface area contributed by atoms with Crippen molar-refractivity contribution in [3.8, 4) is 0 Å². The normalized spacial score (nSPS) is 12.3. The van der Waals surface area contributed by atoms with Crippen LogP contribution in [0.1, 0.15) is 41.3 Å². The number of amides is 1. The molecule has 2 rings (SSSR count). The quantitative estimate of drug-likeness (QED) is 0.854. The number of aromatic amines is 1. The zero-order valence-corrected chi connectivity index (χ0v) is 10.3. The first-order valence-corrected chi connectivity index (χ1v) is 6.39. The Kier molecular flexibility index (Phi) is 3.87. The van der Waals surface area contributed by atoms with E-state index in [1.807, 2.05) is 17.5 Å². The molecule has 2 heterocycles. The van der Waals surface area contributed by atoms with Crippen molar-refractivity contribution in [1.29, 1.82) is 0 Å². The van der Waals surface area contributed by atoms with Crippen LogP contribution in [0.5, 0.6) is 0 Å². The number of aromatic nitrogens is 3. The highest BCUT2D eigenvalue weighted by molar-refractivity contribution is 7.10. The summed E-state index contributed by atoms with van der Waals surface area (Å²) in [7, 11) is 0. The predicted molar refractivity (Wildman–Crippen MR) is 65.8 cm³/mol. The second-order valence-corrected chi connectivity index (χ2v) is 4.64. The van der Waals surface area contributed by atoms with Crippen molar-refractivity contribution >= 4 is 17.2 Å². The van der Waals surface area contributed by atoms with Gasteiger partial charge in [0.05, 0.1) is 6.04 Å². The summed E-state index contributed by atoms with van der Waals surface area (Å²) in [5.41, 5.74) is 0. The van der Waals surface area contributed by atoms with Crippen molar-refractivity contribution in [1.82, 2.24) is 20.5 Å². The van der Waals surface area contributed by atoms with Gasteiger partial charge in [-0.3, -0.25) is 9.89 Å². The van der Waals surface area contributed by atoms with Gasteiger partial charge in [-0.2, -0.15) is 5.10 Å². The van der Waals surface area contributed by atoms with E-state index in [-0.39, 0.29) is 17.8 Å². The Hall–Kier alpha value is -1.69. The summed E-state index contributed by atoms with van der Waals surface area (Å²) in [4.78, 5) is 16.8. The van der Waals surface area contributed by atoms with Gasteiger partial charge in [-0.05, 0) is 17.9 Å². The van der Waals surface area contributed by atoms with Gasteiger partial charge in [-0.25, -0.2) is 4.98 Å². The molecule has 6 heteroatoms. The summed E-state index contributed by atoms with van der Waals surface area (Å²) >= 11 is 1.65. The number of nitrogens with zero attached hydrogens (tertiary/aromatic N) is 2. The minimum absolute atomic E-state index is 0.0533. The molecular weight excluding hydrogens is 236 g/mol. The van der Waals surface area contributed by atoms with Crippen molar-refractivity contribution in [2.45, 2.75) is 25.8 Å². The summed E-state index contributed by atoms with van der Waals surface area (Å²) in [6, 6.07) is 4.08. The third-order valence-corrected chi connectivity index (χ3v) is 3.39. The first-order chi connectivity index (χ1) is 8.31. The Bertz CT molecular complexity index is 452. The number of carbonyl (C=O) groups excluding carboxylic acids is 1. The van der Waals surface area contributed by atoms with Gasteiger partial charge in [0.2, 0.25) is 5.82 Å². The monoisotopic (exact) mass is 250 g/mol. The number of hydrogen-bond donors (Lipinski definition) is 2. The third-order valence-electron chi connectivity index (χ3n) is 2.40. The maximum Gasteiger partial charge on any atom is 0.289 e. The minimum Gasteiger partial charge on any atom is -0.342 e. The van der Waals surface area contributed by atoms with E-state index in [9.17, 15) is 4.79 Å². The van der Waals surface area contributed by atoms with Gasteiger partial charge in [-0.1, -0.05) is 19.4 Å². The third kappa shape index (κ3) is 2.91. The molecule has 0 fully saturated rings. The fourth-order valence-corrected chi connectivity index (χ4v) is 2.42. The smallest absolute Gasteiger partial charge is 0.289 e. The van der Waals surface area contributed by atoms with Crippen LogP contribution >= 0.6 is 11.3 Å². The first-order valence-electron chi connectivity index (χ1n) is 5.51. The van der Waals surface area contributed by atoms with Crippen LogP contribution in [-0.2, 0) is 0 Å². The van der Waals surface area contributed by atoms with Crippen molar-refractivity contribution in [2.24, 2.45) is 0 Å². The average Bonchev–Trinajstić information content (AvgIpc) is 3.01. The molecule has 0 spiro atoms. The Labute approximate surface area is 103 Å². The van der Waals surface area contributed by atoms with Crippen molar-refractivity contribution in [3.63, 3.8) is 0 Å². The summed E-state index contributed by atoms with van der Waals surface area (Å²) < 4.78 is 0. The van der Waals surface area contributed by atoms with Gasteiger partial charge in [0.1, 0.15) is 6.33 Å². The van der Waals surface area contributed by atoms with Gasteiger partial charge in [-0.15, -0.1) is 11.3 Å². The Morgan fingerprint density at radius 3 is 3.12 bits per heavy atom. The average molecular weight is 250 g/mol. The van der Waals surface area contributed by atoms with Crippen LogP contribution in [0.4, 0.5) is 0 Å². The lowest BCUT2D eigenvalue weighted by Crippen LogP contribution is -2.28. The lowest BCUT2D eigenvalue weighted by molar-refractivity contribution is 0.0925. The molecule has 1 unspecified atom stereocenters. The van der Waals surface area contributed by atoms with Gasteiger partial charge in [0.15, 0.2) is 0 Å². The molecule has 0 saturated carbocycles. The Balaban J connectivity index is 2.06. The molecule has 90 valence electrons. The van der Waals surface area contributed by atoms with E-state index in [1.165, 1.54) is 11.2 Å². The Morgan fingerprint density at radius 2 is 2.53 bits per heavy atom. The molecular formula is C11H14N4OS. The summed E-state index contributed by atoms with van der Waals surface area (Å²) in [6.07, 6.45) is 3.26. The van der Waals surface area contributed by atoms with Gasteiger partial charge in [0.25, 0.3) is 5.91 Å². The van der Waals surface area contributed by atoms with Crippen LogP contribution in [0.3, 0.4) is 0 Å². The fraction of sp³-hybridized carbons (Fsp3) is 0.364. The minimum atomic E-state index is -0.214. The number of carbonyl (C=O) groups is 1. The second kappa shape index (κ2) is 5.58. The number of hydrogen-bond acceptors (Lipinski definition) is 4. The highest BCUT2D eigenvalue weighted by atomic mass is 32.1. The fourth-order valence-electron chi connectivity index (χ4n) is 1.61. The lowest BCUT2D eigenvalue weighted by atomic mass is 10.1. The molecule has 0 aromatic carbocycles. The summed E-state index contributed by atoms with van der Waals surface area (Å²) in [6.45, 7) is 2.10. The largest absolute Gasteiger partial charge is 0.342 e. The van der Waals surface area contributed by atoms with E-state index in [0.29, 0.717) is 0 Å². The molecule has 0 saturated heterocycles. The number of H-pyrrole nitrogens is 1. The SMILES string of the molecule is CCCC(NC(=O)c1ncn[nH]1)c1cccs1. The van der Waals surface area contributed by atoms with E-state index >= 15 is 0 Å². The van der Waals surface area contributed by atoms with Crippen molar-refractivity contribution in [3.05, 3.63) is 34.5 Å². The van der Waals surface area contributed by atoms with E-state index in [4.69, 9.17) is 0 Å². The van der Waals surface area contributed by atoms with Crippen LogP contribution in [0.2, 0.25) is 0 Å². The van der Waals surface area contributed by atoms with Gasteiger partial charge in [0, 0.05) is 4.88 Å². The number of thiophene rings is 1. The molecule has 1 amide bonds. The van der Waals surface area contributed by atoms with E-state index in [0.717, 1.165) is 12.8 Å². The van der Waals surface area contributed by atoms with Crippen molar-refractivity contribution < 1.29 is 4.79 Å². The molecule has 0 bridgehead atoms. The first kappa shape index (κ1) is 11.8. The molecule has 2 aromatic rings. The standard InChI is InChI=1S/C11H14N4OS/c1-2-4-8(9-5-3-6-17-9)14-11(16)10-12-7-13-15-10/h3,5-8H,2,4H2,1H3,(H,14,16)(H,12,13,15). The van der Waals surface area contributed by atoms with Crippen LogP contribution in [0.25, 0.3) is 0 Å². The zero-order chi connectivity index (χ0) is 12.1. The molecule has 5 nitrogen and oxygen atoms in total. The molecule has 0 radical (unpaired) electrons. The molecule has 17 heavy (non-hydrogen) atoms. The van der Waals surface area contributed by atoms with Crippen LogP contribution < -0.4 is 5.32 Å². The van der Waals surface area contributed by atoms with E-state index < -0.39 is 0 Å². The topological polar surface area (TPSA) is 70.7 Å². The lowest BCUT2D eigenvalue weighted by Gasteiger charge is -2.15. The van der Waals surface area contributed by atoms with Crippen LogP contribution in [0, 0.1) is 0 Å². The van der Waals surface area contributed by atoms with Crippen LogP contribution in [-0.4, -0.2) is 21.1 Å². The van der Waals surface area contributed by atoms with Crippen molar-refractivity contribution in [2.75, 3.05) is 0 Å². The maximum absolute atomic E-state index is 11.8. The number of nitrogens with one attached hydrogen (secondary N) is 2. The maximum atomic E-state index is 11.8. The molecule has 2 N–H and O–H groups in total. The molecule has 1 atom stereocenters. The highest BCUT2D eigenvalue weighted by Crippen LogP contribution is 2.23. The highest BCUT2D eigenvalue weighted by Gasteiger charge is 2.17. The number of rotatable bonds is 5. The van der Waals surface area contributed by atoms with E-state index in [1.54, 1.807) is 11.3 Å².